The number of anilines is 12. The van der Waals surface area contributed by atoms with Crippen molar-refractivity contribution in [2.45, 2.75) is 27.7 Å². The Hall–Kier alpha value is -10.2. The van der Waals surface area contributed by atoms with Gasteiger partial charge in [0.05, 0.1) is 11.4 Å². The molecule has 0 atom stereocenters. The van der Waals surface area contributed by atoms with Crippen molar-refractivity contribution in [2.24, 2.45) is 0 Å². The second-order valence-electron chi connectivity index (χ2n) is 20.6. The van der Waals surface area contributed by atoms with Crippen LogP contribution in [0.3, 0.4) is 0 Å². The van der Waals surface area contributed by atoms with E-state index in [2.05, 4.69) is 351 Å². The summed E-state index contributed by atoms with van der Waals surface area (Å²) in [5.41, 5.74) is 24.7. The number of hydrogen-bond donors (Lipinski definition) is 0. The van der Waals surface area contributed by atoms with Crippen molar-refractivity contribution >= 4 is 68.2 Å². The normalized spacial score (nSPS) is 11.0. The van der Waals surface area contributed by atoms with Gasteiger partial charge in [0, 0.05) is 68.0 Å². The molecular weight excluding hydrogens is 969 g/mol. The Morgan fingerprint density at radius 2 is 0.425 bits per heavy atom. The Bertz CT molecular complexity index is 3690. The van der Waals surface area contributed by atoms with Crippen LogP contribution in [0.1, 0.15) is 22.3 Å². The smallest absolute Gasteiger partial charge is 0.0541 e. The number of benzene rings is 12. The highest BCUT2D eigenvalue weighted by Gasteiger charge is 2.24. The van der Waals surface area contributed by atoms with Gasteiger partial charge in [-0.1, -0.05) is 170 Å². The maximum absolute atomic E-state index is 2.39. The Labute approximate surface area is 472 Å². The van der Waals surface area contributed by atoms with E-state index in [-0.39, 0.29) is 0 Å². The molecule has 0 aromatic heterocycles. The molecule has 0 aliphatic heterocycles. The molecule has 0 N–H and O–H groups in total. The predicted molar refractivity (Wildman–Crippen MR) is 340 cm³/mol. The van der Waals surface area contributed by atoms with Crippen molar-refractivity contribution < 1.29 is 0 Å². The lowest BCUT2D eigenvalue weighted by Gasteiger charge is -2.31. The molecule has 0 saturated heterocycles. The third-order valence-electron chi connectivity index (χ3n) is 14.8. The lowest BCUT2D eigenvalue weighted by Crippen LogP contribution is -2.14. The molecule has 12 rings (SSSR count). The number of hydrogen-bond acceptors (Lipinski definition) is 4. The zero-order chi connectivity index (χ0) is 54.4. The van der Waals surface area contributed by atoms with Gasteiger partial charge in [-0.25, -0.2) is 0 Å². The van der Waals surface area contributed by atoms with E-state index in [9.17, 15) is 0 Å². The summed E-state index contributed by atoms with van der Waals surface area (Å²) in [7, 11) is 0. The molecule has 0 aliphatic rings. The molecule has 0 fully saturated rings. The number of aryl methyl sites for hydroxylation is 4. The average Bonchev–Trinajstić information content (AvgIpc) is 3.53. The molecule has 0 heterocycles. The van der Waals surface area contributed by atoms with Crippen LogP contribution in [0.25, 0.3) is 33.4 Å². The van der Waals surface area contributed by atoms with Gasteiger partial charge in [-0.3, -0.25) is 0 Å². The fourth-order valence-corrected chi connectivity index (χ4v) is 11.0. The lowest BCUT2D eigenvalue weighted by atomic mass is 9.99. The van der Waals surface area contributed by atoms with Gasteiger partial charge in [0.25, 0.3) is 0 Å². The van der Waals surface area contributed by atoms with Crippen LogP contribution in [-0.2, 0) is 0 Å². The van der Waals surface area contributed by atoms with E-state index in [1.54, 1.807) is 0 Å². The molecule has 0 amide bonds. The zero-order valence-electron chi connectivity index (χ0n) is 45.7. The summed E-state index contributed by atoms with van der Waals surface area (Å²) in [6.07, 6.45) is 0. The van der Waals surface area contributed by atoms with Crippen LogP contribution < -0.4 is 19.6 Å². The molecule has 12 aromatic carbocycles. The number of rotatable bonds is 15. The Morgan fingerprint density at radius 1 is 0.175 bits per heavy atom. The monoisotopic (exact) mass is 1030 g/mol. The summed E-state index contributed by atoms with van der Waals surface area (Å²) in [4.78, 5) is 9.51. The van der Waals surface area contributed by atoms with Gasteiger partial charge >= 0.3 is 0 Å². The standard InChI is InChI=1S/C76H62N4/c1-55-21-17-33-67(49-55)77(68-34-18-22-56(2)50-68)71-45-47-75(73(53-71)61-25-9-5-10-26-61)79(63-29-13-7-14-30-63)65-41-37-59(38-42-65)60-39-43-66(44-40-60)80(64-31-15-8-16-32-64)76-48-46-72(54-74(76)62-27-11-6-12-28-62)78(69-35-19-23-57(3)51-69)70-36-20-24-58(4)52-70/h5-54H,1-4H3. The van der Waals surface area contributed by atoms with Crippen LogP contribution in [0.4, 0.5) is 68.2 Å². The summed E-state index contributed by atoms with van der Waals surface area (Å²) in [6.45, 7) is 8.63. The van der Waals surface area contributed by atoms with Crippen LogP contribution in [-0.4, -0.2) is 0 Å². The first-order chi connectivity index (χ1) is 39.3. The Kier molecular flexibility index (Phi) is 14.4. The van der Waals surface area contributed by atoms with E-state index >= 15 is 0 Å². The van der Waals surface area contributed by atoms with Gasteiger partial charge in [-0.2, -0.15) is 0 Å². The van der Waals surface area contributed by atoms with Crippen molar-refractivity contribution in [1.29, 1.82) is 0 Å². The molecule has 386 valence electrons. The third kappa shape index (κ3) is 10.8. The SMILES string of the molecule is Cc1cccc(N(c2cccc(C)c2)c2ccc(N(c3ccccc3)c3ccc(-c4ccc(N(c5ccccc5)c5ccc(N(c6cccc(C)c6)c6cccc(C)c6)cc5-c5ccccc5)cc4)cc3)c(-c3ccccc3)c2)c1. The summed E-state index contributed by atoms with van der Waals surface area (Å²) >= 11 is 0. The summed E-state index contributed by atoms with van der Waals surface area (Å²) in [5, 5.41) is 0. The average molecular weight is 1030 g/mol. The second kappa shape index (κ2) is 22.8. The minimum Gasteiger partial charge on any atom is -0.310 e. The predicted octanol–water partition coefficient (Wildman–Crippen LogP) is 21.8. The quantitative estimate of drug-likeness (QED) is 0.101. The van der Waals surface area contributed by atoms with Gasteiger partial charge in [0.1, 0.15) is 0 Å². The highest BCUT2D eigenvalue weighted by Crippen LogP contribution is 2.48. The maximum Gasteiger partial charge on any atom is 0.0541 e. The van der Waals surface area contributed by atoms with Crippen molar-refractivity contribution in [1.82, 2.24) is 0 Å². The van der Waals surface area contributed by atoms with Gasteiger partial charge < -0.3 is 19.6 Å². The third-order valence-corrected chi connectivity index (χ3v) is 14.8. The molecule has 0 radical (unpaired) electrons. The molecular formula is C76H62N4. The molecule has 0 spiro atoms. The van der Waals surface area contributed by atoms with E-state index in [0.29, 0.717) is 0 Å². The van der Waals surface area contributed by atoms with Crippen LogP contribution in [0.5, 0.6) is 0 Å². The van der Waals surface area contributed by atoms with E-state index < -0.39 is 0 Å². The second-order valence-corrected chi connectivity index (χ2v) is 20.6. The van der Waals surface area contributed by atoms with Crippen molar-refractivity contribution in [3.05, 3.63) is 326 Å². The molecule has 0 aliphatic carbocycles. The van der Waals surface area contributed by atoms with Crippen molar-refractivity contribution in [3.63, 3.8) is 0 Å². The van der Waals surface area contributed by atoms with E-state index in [1.807, 2.05) is 0 Å². The highest BCUT2D eigenvalue weighted by atomic mass is 15.2. The van der Waals surface area contributed by atoms with Crippen LogP contribution >= 0.6 is 0 Å². The zero-order valence-corrected chi connectivity index (χ0v) is 45.7. The van der Waals surface area contributed by atoms with Crippen molar-refractivity contribution in [3.8, 4) is 33.4 Å². The number of nitrogens with zero attached hydrogens (tertiary/aromatic N) is 4. The Balaban J connectivity index is 0.925. The minimum atomic E-state index is 1.06. The largest absolute Gasteiger partial charge is 0.310 e. The van der Waals surface area contributed by atoms with Gasteiger partial charge in [0.15, 0.2) is 0 Å². The fourth-order valence-electron chi connectivity index (χ4n) is 11.0. The topological polar surface area (TPSA) is 13.0 Å². The molecule has 0 unspecified atom stereocenters. The maximum atomic E-state index is 2.39. The molecule has 0 saturated carbocycles. The van der Waals surface area contributed by atoms with Gasteiger partial charge in [-0.05, 0) is 206 Å². The molecule has 4 heteroatoms. The number of para-hydroxylation sites is 2. The molecule has 80 heavy (non-hydrogen) atoms. The lowest BCUT2D eigenvalue weighted by molar-refractivity contribution is 1.24. The summed E-state index contributed by atoms with van der Waals surface area (Å²) < 4.78 is 0. The van der Waals surface area contributed by atoms with Crippen LogP contribution in [0.15, 0.2) is 303 Å². The Morgan fingerprint density at radius 3 is 0.725 bits per heavy atom. The van der Waals surface area contributed by atoms with Gasteiger partial charge in [-0.15, -0.1) is 0 Å². The van der Waals surface area contributed by atoms with E-state index in [0.717, 1.165) is 102 Å². The molecule has 4 nitrogen and oxygen atoms in total. The molecule has 12 aromatic rings. The summed E-state index contributed by atoms with van der Waals surface area (Å²) in [6, 6.07) is 110. The first kappa shape index (κ1) is 50.6. The van der Waals surface area contributed by atoms with Crippen molar-refractivity contribution in [2.75, 3.05) is 19.6 Å². The van der Waals surface area contributed by atoms with E-state index in [4.69, 9.17) is 0 Å². The fraction of sp³-hybridized carbons (Fsp3) is 0.0526. The highest BCUT2D eigenvalue weighted by molar-refractivity contribution is 5.94. The van der Waals surface area contributed by atoms with Gasteiger partial charge in [0.2, 0.25) is 0 Å². The first-order valence-electron chi connectivity index (χ1n) is 27.5. The molecule has 0 bridgehead atoms. The van der Waals surface area contributed by atoms with Crippen LogP contribution in [0, 0.1) is 27.7 Å². The van der Waals surface area contributed by atoms with E-state index in [1.165, 1.54) is 22.3 Å². The minimum absolute atomic E-state index is 1.06. The van der Waals surface area contributed by atoms with Crippen LogP contribution in [0.2, 0.25) is 0 Å². The first-order valence-corrected chi connectivity index (χ1v) is 27.5. The summed E-state index contributed by atoms with van der Waals surface area (Å²) in [5.74, 6) is 0.